The van der Waals surface area contributed by atoms with Crippen LogP contribution in [0.2, 0.25) is 5.02 Å². The number of carbonyl (C=O) groups excluding carboxylic acids is 1. The number of carbonyl (C=O) groups is 1. The molecular formula is C20H24ClNO2. The summed E-state index contributed by atoms with van der Waals surface area (Å²) in [6.45, 7) is 8.12. The highest BCUT2D eigenvalue weighted by Gasteiger charge is 2.14. The molecule has 0 aliphatic carbocycles. The molecule has 0 saturated carbocycles. The smallest absolute Gasteiger partial charge is 0.258 e. The van der Waals surface area contributed by atoms with Gasteiger partial charge in [-0.15, -0.1) is 0 Å². The highest BCUT2D eigenvalue weighted by atomic mass is 35.5. The maximum Gasteiger partial charge on any atom is 0.258 e. The third kappa shape index (κ3) is 4.75. The summed E-state index contributed by atoms with van der Waals surface area (Å²) in [5.74, 6) is 0.513. The van der Waals surface area contributed by atoms with Crippen LogP contribution in [0, 0.1) is 20.8 Å². The highest BCUT2D eigenvalue weighted by molar-refractivity contribution is 6.31. The number of ether oxygens (including phenoxy) is 1. The fraction of sp³-hybridized carbons (Fsp3) is 0.350. The molecule has 1 amide bonds. The van der Waals surface area contributed by atoms with E-state index in [-0.39, 0.29) is 18.6 Å². The molecule has 0 saturated heterocycles. The van der Waals surface area contributed by atoms with Crippen molar-refractivity contribution < 1.29 is 9.53 Å². The third-order valence-corrected chi connectivity index (χ3v) is 4.60. The SMILES string of the molecule is CCC(NC(=O)COc1ccc(Cl)c(C)c1)c1ccc(C)c(C)c1. The molecule has 1 atom stereocenters. The van der Waals surface area contributed by atoms with Gasteiger partial charge in [-0.25, -0.2) is 0 Å². The number of benzene rings is 2. The monoisotopic (exact) mass is 345 g/mol. The van der Waals surface area contributed by atoms with Crippen LogP contribution < -0.4 is 10.1 Å². The van der Waals surface area contributed by atoms with Gasteiger partial charge < -0.3 is 10.1 Å². The average Bonchev–Trinajstić information content (AvgIpc) is 2.56. The number of hydrogen-bond donors (Lipinski definition) is 1. The van der Waals surface area contributed by atoms with Crippen LogP contribution in [-0.2, 0) is 4.79 Å². The summed E-state index contributed by atoms with van der Waals surface area (Å²) in [6.07, 6.45) is 0.828. The second kappa shape index (κ2) is 8.20. The summed E-state index contributed by atoms with van der Waals surface area (Å²) < 4.78 is 5.56. The van der Waals surface area contributed by atoms with Gasteiger partial charge in [0.2, 0.25) is 0 Å². The first-order valence-corrected chi connectivity index (χ1v) is 8.54. The zero-order chi connectivity index (χ0) is 17.7. The van der Waals surface area contributed by atoms with E-state index >= 15 is 0 Å². The fourth-order valence-corrected chi connectivity index (χ4v) is 2.61. The Morgan fingerprint density at radius 3 is 2.46 bits per heavy atom. The molecule has 0 bridgehead atoms. The Labute approximate surface area is 149 Å². The quantitative estimate of drug-likeness (QED) is 0.807. The number of amides is 1. The molecule has 2 aromatic carbocycles. The van der Waals surface area contributed by atoms with E-state index in [1.165, 1.54) is 11.1 Å². The minimum absolute atomic E-state index is 0.00708. The van der Waals surface area contributed by atoms with Crippen molar-refractivity contribution in [2.45, 2.75) is 40.2 Å². The van der Waals surface area contributed by atoms with Gasteiger partial charge in [0.15, 0.2) is 6.61 Å². The Bertz CT molecular complexity index is 728. The predicted molar refractivity (Wildman–Crippen MR) is 98.8 cm³/mol. The van der Waals surface area contributed by atoms with Crippen LogP contribution in [0.5, 0.6) is 5.75 Å². The summed E-state index contributed by atoms with van der Waals surface area (Å²) in [5.41, 5.74) is 4.53. The van der Waals surface area contributed by atoms with Crippen LogP contribution in [0.1, 0.15) is 41.6 Å². The van der Waals surface area contributed by atoms with Crippen molar-refractivity contribution in [3.63, 3.8) is 0 Å². The minimum atomic E-state index is -0.132. The van der Waals surface area contributed by atoms with Gasteiger partial charge in [-0.2, -0.15) is 0 Å². The number of hydrogen-bond acceptors (Lipinski definition) is 2. The number of nitrogens with one attached hydrogen (secondary N) is 1. The van der Waals surface area contributed by atoms with Gasteiger partial charge in [0.25, 0.3) is 5.91 Å². The Balaban J connectivity index is 1.96. The predicted octanol–water partition coefficient (Wildman–Crippen LogP) is 4.91. The van der Waals surface area contributed by atoms with E-state index in [0.717, 1.165) is 17.5 Å². The van der Waals surface area contributed by atoms with E-state index in [1.54, 1.807) is 12.1 Å². The Morgan fingerprint density at radius 2 is 1.83 bits per heavy atom. The first-order chi connectivity index (χ1) is 11.4. The molecule has 128 valence electrons. The van der Waals surface area contributed by atoms with E-state index < -0.39 is 0 Å². The van der Waals surface area contributed by atoms with Crippen molar-refractivity contribution in [3.8, 4) is 5.75 Å². The van der Waals surface area contributed by atoms with Gasteiger partial charge in [-0.1, -0.05) is 36.7 Å². The van der Waals surface area contributed by atoms with Gasteiger partial charge in [-0.3, -0.25) is 4.79 Å². The molecule has 1 N–H and O–H groups in total. The zero-order valence-electron chi connectivity index (χ0n) is 14.7. The largest absolute Gasteiger partial charge is 0.484 e. The number of aryl methyl sites for hydroxylation is 3. The summed E-state index contributed by atoms with van der Waals surface area (Å²) >= 11 is 5.99. The summed E-state index contributed by atoms with van der Waals surface area (Å²) in [7, 11) is 0. The lowest BCUT2D eigenvalue weighted by Crippen LogP contribution is -2.32. The standard InChI is InChI=1S/C20H24ClNO2/c1-5-19(16-7-6-13(2)14(3)10-16)22-20(23)12-24-17-8-9-18(21)15(4)11-17/h6-11,19H,5,12H2,1-4H3,(H,22,23). The van der Waals surface area contributed by atoms with E-state index in [2.05, 4.69) is 44.3 Å². The number of rotatable bonds is 6. The van der Waals surface area contributed by atoms with Gasteiger partial charge >= 0.3 is 0 Å². The second-order valence-electron chi connectivity index (χ2n) is 6.07. The molecule has 0 aromatic heterocycles. The van der Waals surface area contributed by atoms with Crippen molar-refractivity contribution in [2.75, 3.05) is 6.61 Å². The number of halogens is 1. The van der Waals surface area contributed by atoms with E-state index in [1.807, 2.05) is 13.0 Å². The Kier molecular flexibility index (Phi) is 6.27. The van der Waals surface area contributed by atoms with Crippen molar-refractivity contribution in [1.82, 2.24) is 5.32 Å². The first-order valence-electron chi connectivity index (χ1n) is 8.16. The minimum Gasteiger partial charge on any atom is -0.484 e. The zero-order valence-corrected chi connectivity index (χ0v) is 15.4. The summed E-state index contributed by atoms with van der Waals surface area (Å²) in [6, 6.07) is 11.7. The molecule has 1 unspecified atom stereocenters. The molecule has 0 spiro atoms. The van der Waals surface area contributed by atoms with Crippen LogP contribution in [0.3, 0.4) is 0 Å². The maximum absolute atomic E-state index is 12.2. The maximum atomic E-state index is 12.2. The van der Waals surface area contributed by atoms with Crippen LogP contribution in [0.4, 0.5) is 0 Å². The van der Waals surface area contributed by atoms with E-state index in [4.69, 9.17) is 16.3 Å². The molecule has 0 aliphatic heterocycles. The molecule has 0 fully saturated rings. The van der Waals surface area contributed by atoms with Crippen molar-refractivity contribution in [3.05, 3.63) is 63.7 Å². The molecule has 4 heteroatoms. The van der Waals surface area contributed by atoms with Gasteiger partial charge in [0.1, 0.15) is 5.75 Å². The highest BCUT2D eigenvalue weighted by Crippen LogP contribution is 2.22. The van der Waals surface area contributed by atoms with Gasteiger partial charge in [0, 0.05) is 5.02 Å². The summed E-state index contributed by atoms with van der Waals surface area (Å²) in [5, 5.41) is 3.72. The average molecular weight is 346 g/mol. The molecule has 24 heavy (non-hydrogen) atoms. The molecule has 0 aliphatic rings. The van der Waals surface area contributed by atoms with Crippen LogP contribution >= 0.6 is 11.6 Å². The molecule has 0 heterocycles. The third-order valence-electron chi connectivity index (χ3n) is 4.18. The van der Waals surface area contributed by atoms with Crippen molar-refractivity contribution in [2.24, 2.45) is 0 Å². The van der Waals surface area contributed by atoms with Crippen molar-refractivity contribution >= 4 is 17.5 Å². The molecule has 3 nitrogen and oxygen atoms in total. The molecule has 2 rings (SSSR count). The van der Waals surface area contributed by atoms with Gasteiger partial charge in [0.05, 0.1) is 6.04 Å². The first kappa shape index (κ1) is 18.3. The lowest BCUT2D eigenvalue weighted by atomic mass is 9.99. The lowest BCUT2D eigenvalue weighted by molar-refractivity contribution is -0.123. The normalized spacial score (nSPS) is 11.9. The van der Waals surface area contributed by atoms with E-state index in [9.17, 15) is 4.79 Å². The summed E-state index contributed by atoms with van der Waals surface area (Å²) in [4.78, 5) is 12.2. The second-order valence-corrected chi connectivity index (χ2v) is 6.48. The van der Waals surface area contributed by atoms with E-state index in [0.29, 0.717) is 10.8 Å². The molecule has 0 radical (unpaired) electrons. The molecular weight excluding hydrogens is 322 g/mol. The van der Waals surface area contributed by atoms with Crippen LogP contribution in [0.25, 0.3) is 0 Å². The molecule has 2 aromatic rings. The van der Waals surface area contributed by atoms with Crippen LogP contribution in [0.15, 0.2) is 36.4 Å². The van der Waals surface area contributed by atoms with Crippen molar-refractivity contribution in [1.29, 1.82) is 0 Å². The Hall–Kier alpha value is -2.00. The fourth-order valence-electron chi connectivity index (χ4n) is 2.49. The van der Waals surface area contributed by atoms with Gasteiger partial charge in [-0.05, 0) is 67.6 Å². The Morgan fingerprint density at radius 1 is 1.08 bits per heavy atom. The van der Waals surface area contributed by atoms with Crippen LogP contribution in [-0.4, -0.2) is 12.5 Å². The lowest BCUT2D eigenvalue weighted by Gasteiger charge is -2.19. The topological polar surface area (TPSA) is 38.3 Å².